The number of hydrogen-bond donors (Lipinski definition) is 0. The Morgan fingerprint density at radius 2 is 1.55 bits per heavy atom. The smallest absolute Gasteiger partial charge is 0.321 e. The number of hydrogen-bond acceptors (Lipinski definition) is 5. The van der Waals surface area contributed by atoms with E-state index in [0.29, 0.717) is 32.8 Å². The molecule has 1 fully saturated rings. The van der Waals surface area contributed by atoms with E-state index in [1.54, 1.807) is 0 Å². The molecule has 1 rings (SSSR count). The van der Waals surface area contributed by atoms with Crippen molar-refractivity contribution >= 4 is 0 Å². The van der Waals surface area contributed by atoms with Gasteiger partial charge in [0.05, 0.1) is 0 Å². The van der Waals surface area contributed by atoms with Crippen LogP contribution in [0.25, 0.3) is 0 Å². The third-order valence-electron chi connectivity index (χ3n) is 3.53. The predicted octanol–water partition coefficient (Wildman–Crippen LogP) is 3.07. The van der Waals surface area contributed by atoms with Crippen LogP contribution in [0.2, 0.25) is 0 Å². The van der Waals surface area contributed by atoms with Gasteiger partial charge < -0.3 is 18.9 Å². The van der Waals surface area contributed by atoms with Crippen LogP contribution in [0.15, 0.2) is 0 Å². The van der Waals surface area contributed by atoms with Gasteiger partial charge in [0.1, 0.15) is 0 Å². The maximum atomic E-state index is 6.14. The van der Waals surface area contributed by atoms with Crippen LogP contribution in [-0.4, -0.2) is 44.3 Å². The van der Waals surface area contributed by atoms with Crippen molar-refractivity contribution in [1.29, 1.82) is 0 Å². The lowest BCUT2D eigenvalue weighted by atomic mass is 9.90. The Morgan fingerprint density at radius 1 is 0.900 bits per heavy atom. The number of unbranched alkanes of at least 4 members (excludes halogenated alkanes) is 1. The summed E-state index contributed by atoms with van der Waals surface area (Å²) in [5.41, 5.74) is -0.690. The molecule has 0 saturated carbocycles. The lowest BCUT2D eigenvalue weighted by Gasteiger charge is -2.59. The fourth-order valence-corrected chi connectivity index (χ4v) is 2.52. The van der Waals surface area contributed by atoms with Gasteiger partial charge >= 0.3 is 5.97 Å². The second kappa shape index (κ2) is 8.29. The van der Waals surface area contributed by atoms with Crippen molar-refractivity contribution in [2.75, 3.05) is 26.4 Å². The van der Waals surface area contributed by atoms with Crippen molar-refractivity contribution in [3.63, 3.8) is 0 Å². The zero-order valence-electron chi connectivity index (χ0n) is 13.6. The van der Waals surface area contributed by atoms with Crippen molar-refractivity contribution < 1.29 is 23.7 Å². The van der Waals surface area contributed by atoms with E-state index in [1.807, 2.05) is 27.7 Å². The van der Waals surface area contributed by atoms with E-state index in [9.17, 15) is 0 Å². The minimum absolute atomic E-state index is 0.438. The van der Waals surface area contributed by atoms with E-state index in [0.717, 1.165) is 12.8 Å². The molecule has 2 unspecified atom stereocenters. The molecule has 1 aliphatic rings. The minimum Gasteiger partial charge on any atom is -0.362 e. The molecule has 20 heavy (non-hydrogen) atoms. The first kappa shape index (κ1) is 17.9. The highest BCUT2D eigenvalue weighted by atomic mass is 16.9. The number of rotatable bonds is 11. The summed E-state index contributed by atoms with van der Waals surface area (Å²) in [5.74, 6) is -1.14. The Kier molecular flexibility index (Phi) is 7.40. The summed E-state index contributed by atoms with van der Waals surface area (Å²) in [6, 6.07) is 0. The summed E-state index contributed by atoms with van der Waals surface area (Å²) in [4.78, 5) is 0. The van der Waals surface area contributed by atoms with Crippen molar-refractivity contribution in [2.45, 2.75) is 71.7 Å². The zero-order chi connectivity index (χ0) is 15.1. The monoisotopic (exact) mass is 290 g/mol. The summed E-state index contributed by atoms with van der Waals surface area (Å²) in [6.45, 7) is 12.2. The van der Waals surface area contributed by atoms with Crippen molar-refractivity contribution in [2.24, 2.45) is 0 Å². The molecule has 1 heterocycles. The molecule has 0 aliphatic carbocycles. The normalized spacial score (nSPS) is 28.4. The summed E-state index contributed by atoms with van der Waals surface area (Å²) < 4.78 is 29.1. The van der Waals surface area contributed by atoms with Gasteiger partial charge in [0.25, 0.3) is 0 Å². The summed E-state index contributed by atoms with van der Waals surface area (Å²) in [6.07, 6.45) is 2.35. The van der Waals surface area contributed by atoms with Gasteiger partial charge in [-0.1, -0.05) is 20.3 Å². The molecule has 1 saturated heterocycles. The molecule has 0 aromatic heterocycles. The third kappa shape index (κ3) is 3.17. The van der Waals surface area contributed by atoms with Crippen LogP contribution in [0.1, 0.15) is 53.9 Å². The minimum atomic E-state index is -1.14. The van der Waals surface area contributed by atoms with Gasteiger partial charge in [-0.3, -0.25) is 4.74 Å². The predicted molar refractivity (Wildman–Crippen MR) is 76.4 cm³/mol. The van der Waals surface area contributed by atoms with Crippen molar-refractivity contribution in [3.8, 4) is 0 Å². The van der Waals surface area contributed by atoms with E-state index in [2.05, 4.69) is 6.92 Å². The standard InChI is InChI=1S/C15H30O5/c1-6-11-12-19-14(7-2)13(16-8-3)20-15(14,17-9-4)18-10-5/h13H,6-12H2,1-5H3. The van der Waals surface area contributed by atoms with E-state index < -0.39 is 17.9 Å². The highest BCUT2D eigenvalue weighted by Gasteiger charge is 2.72. The maximum Gasteiger partial charge on any atom is 0.321 e. The van der Waals surface area contributed by atoms with Crippen LogP contribution in [-0.2, 0) is 23.7 Å². The number of ether oxygens (including phenoxy) is 5. The van der Waals surface area contributed by atoms with Gasteiger partial charge in [-0.25, -0.2) is 0 Å². The largest absolute Gasteiger partial charge is 0.362 e. The van der Waals surface area contributed by atoms with Crippen LogP contribution in [0.5, 0.6) is 0 Å². The van der Waals surface area contributed by atoms with Crippen LogP contribution in [0, 0.1) is 0 Å². The van der Waals surface area contributed by atoms with Crippen LogP contribution in [0.3, 0.4) is 0 Å². The molecule has 5 nitrogen and oxygen atoms in total. The molecule has 0 spiro atoms. The second-order valence-corrected chi connectivity index (χ2v) is 4.77. The first-order valence-electron chi connectivity index (χ1n) is 7.87. The van der Waals surface area contributed by atoms with Gasteiger partial charge in [-0.15, -0.1) is 0 Å². The van der Waals surface area contributed by atoms with Crippen LogP contribution < -0.4 is 0 Å². The van der Waals surface area contributed by atoms with Crippen molar-refractivity contribution in [3.05, 3.63) is 0 Å². The Labute approximate surface area is 122 Å². The van der Waals surface area contributed by atoms with Gasteiger partial charge in [-0.2, -0.15) is 0 Å². The van der Waals surface area contributed by atoms with Gasteiger partial charge in [0, 0.05) is 26.4 Å². The van der Waals surface area contributed by atoms with E-state index >= 15 is 0 Å². The molecule has 2 atom stereocenters. The van der Waals surface area contributed by atoms with Crippen molar-refractivity contribution in [1.82, 2.24) is 0 Å². The molecule has 0 radical (unpaired) electrons. The Morgan fingerprint density at radius 3 is 2.00 bits per heavy atom. The molecule has 0 aromatic rings. The molecule has 1 aliphatic heterocycles. The SMILES string of the molecule is CCCCOC1(CC)C(OCC)OC1(OCC)OCC. The maximum absolute atomic E-state index is 6.14. The molecule has 0 aromatic carbocycles. The molecule has 0 amide bonds. The summed E-state index contributed by atoms with van der Waals surface area (Å²) in [7, 11) is 0. The van der Waals surface area contributed by atoms with E-state index in [1.165, 1.54) is 0 Å². The summed E-state index contributed by atoms with van der Waals surface area (Å²) in [5, 5.41) is 0. The zero-order valence-corrected chi connectivity index (χ0v) is 13.6. The average molecular weight is 290 g/mol. The van der Waals surface area contributed by atoms with Gasteiger partial charge in [0.15, 0.2) is 0 Å². The van der Waals surface area contributed by atoms with E-state index in [4.69, 9.17) is 23.7 Å². The topological polar surface area (TPSA) is 46.2 Å². The first-order valence-corrected chi connectivity index (χ1v) is 7.87. The Balaban J connectivity index is 2.90. The van der Waals surface area contributed by atoms with Gasteiger partial charge in [-0.05, 0) is 33.6 Å². The fourth-order valence-electron chi connectivity index (χ4n) is 2.52. The molecule has 0 N–H and O–H groups in total. The third-order valence-corrected chi connectivity index (χ3v) is 3.53. The van der Waals surface area contributed by atoms with Crippen LogP contribution in [0.4, 0.5) is 0 Å². The lowest BCUT2D eigenvalue weighted by molar-refractivity contribution is -0.576. The highest BCUT2D eigenvalue weighted by molar-refractivity contribution is 5.02. The lowest BCUT2D eigenvalue weighted by Crippen LogP contribution is -2.78. The molecule has 120 valence electrons. The Bertz CT molecular complexity index is 265. The molecular weight excluding hydrogens is 260 g/mol. The summed E-state index contributed by atoms with van der Waals surface area (Å²) >= 11 is 0. The Hall–Kier alpha value is -0.200. The molecule has 0 bridgehead atoms. The second-order valence-electron chi connectivity index (χ2n) is 4.77. The highest BCUT2D eigenvalue weighted by Crippen LogP contribution is 2.50. The average Bonchev–Trinajstić information content (AvgIpc) is 2.43. The quantitative estimate of drug-likeness (QED) is 0.432. The molecular formula is C15H30O5. The fraction of sp³-hybridized carbons (Fsp3) is 1.00. The first-order chi connectivity index (χ1) is 9.66. The van der Waals surface area contributed by atoms with Crippen LogP contribution >= 0.6 is 0 Å². The van der Waals surface area contributed by atoms with E-state index in [-0.39, 0.29) is 0 Å². The van der Waals surface area contributed by atoms with Gasteiger partial charge in [0.2, 0.25) is 11.9 Å². The molecule has 5 heteroatoms.